The first-order chi connectivity index (χ1) is 7.83. The van der Waals surface area contributed by atoms with Gasteiger partial charge in [0.1, 0.15) is 0 Å². The average molecular weight is 241 g/mol. The van der Waals surface area contributed by atoms with Crippen molar-refractivity contribution in [1.82, 2.24) is 0 Å². The molecule has 1 aromatic rings. The smallest absolute Gasteiger partial charge is 0.394 e. The Kier molecular flexibility index (Phi) is 6.74. The summed E-state index contributed by atoms with van der Waals surface area (Å²) in [6, 6.07) is 9.05. The van der Waals surface area contributed by atoms with E-state index in [1.165, 1.54) is 0 Å². The fourth-order valence-corrected chi connectivity index (χ4v) is 1.78. The van der Waals surface area contributed by atoms with Crippen molar-refractivity contribution in [2.75, 3.05) is 20.3 Å². The summed E-state index contributed by atoms with van der Waals surface area (Å²) < 4.78 is 14.0. The predicted octanol–water partition coefficient (Wildman–Crippen LogP) is 2.35. The number of para-hydroxylation sites is 1. The van der Waals surface area contributed by atoms with Crippen molar-refractivity contribution in [2.24, 2.45) is 4.74 Å². The van der Waals surface area contributed by atoms with Gasteiger partial charge in [0.25, 0.3) is 0 Å². The molecule has 1 aromatic carbocycles. The number of nitrogens with zero attached hydrogens (tertiary/aromatic N) is 1. The summed E-state index contributed by atoms with van der Waals surface area (Å²) in [6.07, 6.45) is 1.79. The molecule has 0 aliphatic rings. The highest BCUT2D eigenvalue weighted by molar-refractivity contribution is 7.34. The Bertz CT molecular complexity index is 316. The second-order valence-electron chi connectivity index (χ2n) is 3.21. The van der Waals surface area contributed by atoms with Gasteiger partial charge in [-0.2, -0.15) is 0 Å². The van der Waals surface area contributed by atoms with Crippen molar-refractivity contribution in [3.05, 3.63) is 30.3 Å². The Labute approximate surface area is 96.9 Å². The average Bonchev–Trinajstić information content (AvgIpc) is 2.30. The van der Waals surface area contributed by atoms with Crippen molar-refractivity contribution in [3.8, 4) is 5.75 Å². The molecule has 0 saturated carbocycles. The maximum atomic E-state index is 11.4. The highest BCUT2D eigenvalue weighted by Crippen LogP contribution is 2.22. The van der Waals surface area contributed by atoms with Crippen LogP contribution in [0, 0.1) is 0 Å². The van der Waals surface area contributed by atoms with Crippen LogP contribution < -0.4 is 9.42 Å². The molecule has 0 bridgehead atoms. The van der Waals surface area contributed by atoms with Gasteiger partial charge in [-0.1, -0.05) is 22.9 Å². The van der Waals surface area contributed by atoms with E-state index >= 15 is 0 Å². The number of ether oxygens (including phenoxy) is 1. The number of methoxy groups -OCH3 is 1. The van der Waals surface area contributed by atoms with E-state index < -0.39 is 8.17 Å². The zero-order valence-corrected chi connectivity index (χ0v) is 10.2. The summed E-state index contributed by atoms with van der Waals surface area (Å²) in [5, 5.41) is 0. The van der Waals surface area contributed by atoms with E-state index in [1.807, 2.05) is 18.2 Å². The van der Waals surface area contributed by atoms with Crippen LogP contribution in [0.5, 0.6) is 5.75 Å². The molecule has 1 rings (SSSR count). The summed E-state index contributed by atoms with van der Waals surface area (Å²) in [4.78, 5) is 11.4. The van der Waals surface area contributed by atoms with Gasteiger partial charge in [0.2, 0.25) is 0 Å². The molecule has 0 aliphatic heterocycles. The second kappa shape index (κ2) is 8.22. The van der Waals surface area contributed by atoms with Crippen LogP contribution in [0.1, 0.15) is 12.8 Å². The lowest BCUT2D eigenvalue weighted by atomic mass is 10.3. The molecule has 0 saturated heterocycles. The Balaban J connectivity index is 2.24. The van der Waals surface area contributed by atoms with Gasteiger partial charge in [0, 0.05) is 13.7 Å². The topological polar surface area (TPSA) is 53.9 Å². The summed E-state index contributed by atoms with van der Waals surface area (Å²) >= 11 is 0. The SMILES string of the molecule is COCCCC/N=[P+](\[O-])Oc1ccccc1. The predicted molar refractivity (Wildman–Crippen MR) is 62.4 cm³/mol. The minimum Gasteiger partial charge on any atom is -0.575 e. The quantitative estimate of drug-likeness (QED) is 0.544. The molecule has 0 N–H and O–H groups in total. The molecule has 0 fully saturated rings. The van der Waals surface area contributed by atoms with Crippen LogP contribution >= 0.6 is 8.17 Å². The van der Waals surface area contributed by atoms with Gasteiger partial charge in [-0.05, 0) is 25.0 Å². The first-order valence-electron chi connectivity index (χ1n) is 5.19. The molecule has 5 heteroatoms. The molecule has 0 amide bonds. The molecule has 0 aromatic heterocycles. The normalized spacial score (nSPS) is 11.5. The zero-order valence-electron chi connectivity index (χ0n) is 9.33. The third-order valence-electron chi connectivity index (χ3n) is 1.90. The van der Waals surface area contributed by atoms with Crippen molar-refractivity contribution in [3.63, 3.8) is 0 Å². The molecule has 0 spiro atoms. The fraction of sp³-hybridized carbons (Fsp3) is 0.455. The second-order valence-corrected chi connectivity index (χ2v) is 4.15. The molecule has 0 heterocycles. The van der Waals surface area contributed by atoms with E-state index in [0.29, 0.717) is 18.9 Å². The Morgan fingerprint density at radius 2 is 2.00 bits per heavy atom. The molecule has 1 atom stereocenters. The Hall–Kier alpha value is -0.960. The van der Waals surface area contributed by atoms with Crippen LogP contribution in [0.3, 0.4) is 0 Å². The number of unbranched alkanes of at least 4 members (excludes halogenated alkanes) is 1. The van der Waals surface area contributed by atoms with Crippen molar-refractivity contribution in [1.29, 1.82) is 0 Å². The first-order valence-corrected chi connectivity index (χ1v) is 6.32. The molecule has 0 aliphatic carbocycles. The van der Waals surface area contributed by atoms with Gasteiger partial charge in [0.15, 0.2) is 5.75 Å². The summed E-state index contributed by atoms with van der Waals surface area (Å²) in [7, 11) is -0.281. The van der Waals surface area contributed by atoms with Gasteiger partial charge in [-0.25, -0.2) is 0 Å². The monoisotopic (exact) mass is 241 g/mol. The van der Waals surface area contributed by atoms with Crippen LogP contribution in [-0.4, -0.2) is 20.3 Å². The van der Waals surface area contributed by atoms with Crippen LogP contribution in [0.2, 0.25) is 0 Å². The van der Waals surface area contributed by atoms with Crippen LogP contribution in [0.15, 0.2) is 35.1 Å². The molecule has 88 valence electrons. The van der Waals surface area contributed by atoms with E-state index in [1.54, 1.807) is 19.2 Å². The molecule has 1 unspecified atom stereocenters. The van der Waals surface area contributed by atoms with Crippen LogP contribution in [0.4, 0.5) is 0 Å². The lowest BCUT2D eigenvalue weighted by molar-refractivity contribution is -0.168. The Morgan fingerprint density at radius 3 is 2.69 bits per heavy atom. The third-order valence-corrected chi connectivity index (χ3v) is 2.70. The minimum atomic E-state index is -1.94. The molecule has 16 heavy (non-hydrogen) atoms. The largest absolute Gasteiger partial charge is 0.575 e. The lowest BCUT2D eigenvalue weighted by Gasteiger charge is -1.97. The maximum absolute atomic E-state index is 11.4. The van der Waals surface area contributed by atoms with Gasteiger partial charge in [-0.3, -0.25) is 4.52 Å². The molecular weight excluding hydrogens is 225 g/mol. The standard InChI is InChI=1S/C11H16NO3P/c1-14-10-6-5-9-12-16(13)15-11-7-3-2-4-8-11/h2-4,7-8H,5-6,9-10H2,1H3. The van der Waals surface area contributed by atoms with Gasteiger partial charge < -0.3 is 9.63 Å². The van der Waals surface area contributed by atoms with E-state index in [-0.39, 0.29) is 0 Å². The highest BCUT2D eigenvalue weighted by atomic mass is 31.1. The van der Waals surface area contributed by atoms with Crippen LogP contribution in [0.25, 0.3) is 0 Å². The van der Waals surface area contributed by atoms with Gasteiger partial charge >= 0.3 is 8.17 Å². The maximum Gasteiger partial charge on any atom is 0.394 e. The minimum absolute atomic E-state index is 0.547. The van der Waals surface area contributed by atoms with Crippen LogP contribution in [-0.2, 0) is 4.74 Å². The summed E-state index contributed by atoms with van der Waals surface area (Å²) in [5.74, 6) is 0.587. The number of hydrogen-bond donors (Lipinski definition) is 0. The molecule has 4 nitrogen and oxygen atoms in total. The molecular formula is C11H16NO3P. The summed E-state index contributed by atoms with van der Waals surface area (Å²) in [6.45, 7) is 1.26. The van der Waals surface area contributed by atoms with Gasteiger partial charge in [0.05, 0.1) is 6.54 Å². The fourth-order valence-electron chi connectivity index (χ4n) is 1.11. The number of rotatable bonds is 7. The van der Waals surface area contributed by atoms with E-state index in [9.17, 15) is 4.89 Å². The van der Waals surface area contributed by atoms with E-state index in [0.717, 1.165) is 12.8 Å². The first kappa shape index (κ1) is 13.1. The van der Waals surface area contributed by atoms with Crippen molar-refractivity contribution >= 4 is 8.17 Å². The van der Waals surface area contributed by atoms with Crippen molar-refractivity contribution in [2.45, 2.75) is 12.8 Å². The lowest BCUT2D eigenvalue weighted by Crippen LogP contribution is -1.96. The zero-order chi connectivity index (χ0) is 11.6. The number of hydrogen-bond acceptors (Lipinski definition) is 4. The number of benzene rings is 1. The molecule has 0 radical (unpaired) electrons. The third kappa shape index (κ3) is 5.81. The van der Waals surface area contributed by atoms with Gasteiger partial charge in [-0.15, -0.1) is 0 Å². The Morgan fingerprint density at radius 1 is 1.25 bits per heavy atom. The van der Waals surface area contributed by atoms with Crippen molar-refractivity contribution < 1.29 is 14.2 Å². The van der Waals surface area contributed by atoms with E-state index in [2.05, 4.69) is 4.74 Å². The summed E-state index contributed by atoms with van der Waals surface area (Å²) in [5.41, 5.74) is 0. The highest BCUT2D eigenvalue weighted by Gasteiger charge is 2.01. The van der Waals surface area contributed by atoms with E-state index in [4.69, 9.17) is 9.26 Å².